The fourth-order valence-electron chi connectivity index (χ4n) is 2.00. The third-order valence-electron chi connectivity index (χ3n) is 2.96. The molecule has 1 aromatic carbocycles. The van der Waals surface area contributed by atoms with Crippen LogP contribution in [0.15, 0.2) is 18.2 Å². The van der Waals surface area contributed by atoms with E-state index in [1.54, 1.807) is 0 Å². The second-order valence-corrected chi connectivity index (χ2v) is 7.56. The number of fused-ring (bicyclic) bond motifs is 1. The zero-order chi connectivity index (χ0) is 17.7. The monoisotopic (exact) mass is 350 g/mol. The lowest BCUT2D eigenvalue weighted by molar-refractivity contribution is -0.149. The molecular formula is C17H22N2O4S. The Morgan fingerprint density at radius 3 is 2.71 bits per heavy atom. The van der Waals surface area contributed by atoms with Gasteiger partial charge in [0.1, 0.15) is 5.75 Å². The van der Waals surface area contributed by atoms with Crippen molar-refractivity contribution in [3.8, 4) is 5.75 Å². The topological polar surface area (TPSA) is 77.5 Å². The van der Waals surface area contributed by atoms with Crippen molar-refractivity contribution in [3.05, 3.63) is 18.2 Å². The van der Waals surface area contributed by atoms with Crippen LogP contribution in [-0.2, 0) is 14.3 Å². The summed E-state index contributed by atoms with van der Waals surface area (Å²) in [5, 5.41) is 3.12. The molecule has 7 heteroatoms. The van der Waals surface area contributed by atoms with Crippen molar-refractivity contribution in [1.82, 2.24) is 4.98 Å². The first kappa shape index (κ1) is 18.2. The second-order valence-electron chi connectivity index (χ2n) is 6.53. The molecule has 24 heavy (non-hydrogen) atoms. The van der Waals surface area contributed by atoms with Gasteiger partial charge in [-0.2, -0.15) is 0 Å². The fraction of sp³-hybridized carbons (Fsp3) is 0.471. The molecule has 0 saturated carbocycles. The number of hydrogen-bond donors (Lipinski definition) is 1. The number of benzene rings is 1. The summed E-state index contributed by atoms with van der Waals surface area (Å²) in [7, 11) is 0. The fourth-order valence-corrected chi connectivity index (χ4v) is 2.91. The molecule has 0 bridgehead atoms. The van der Waals surface area contributed by atoms with Crippen LogP contribution in [0.1, 0.15) is 34.1 Å². The van der Waals surface area contributed by atoms with Crippen LogP contribution in [0.4, 0.5) is 5.13 Å². The van der Waals surface area contributed by atoms with Gasteiger partial charge in [0.2, 0.25) is 0 Å². The maximum absolute atomic E-state index is 11.9. The van der Waals surface area contributed by atoms with E-state index in [1.807, 2.05) is 45.9 Å². The Hall–Kier alpha value is -2.15. The third-order valence-corrected chi connectivity index (χ3v) is 3.89. The van der Waals surface area contributed by atoms with Crippen molar-refractivity contribution in [2.45, 2.75) is 34.1 Å². The number of rotatable bonds is 6. The van der Waals surface area contributed by atoms with E-state index in [-0.39, 0.29) is 24.4 Å². The molecule has 0 saturated heterocycles. The highest BCUT2D eigenvalue weighted by molar-refractivity contribution is 7.22. The van der Waals surface area contributed by atoms with E-state index >= 15 is 0 Å². The summed E-state index contributed by atoms with van der Waals surface area (Å²) in [6.07, 6.45) is 0.265. The smallest absolute Gasteiger partial charge is 0.306 e. The van der Waals surface area contributed by atoms with Crippen LogP contribution in [0.2, 0.25) is 0 Å². The Morgan fingerprint density at radius 1 is 1.29 bits per heavy atom. The predicted octanol–water partition coefficient (Wildman–Crippen LogP) is 3.61. The van der Waals surface area contributed by atoms with Gasteiger partial charge in [-0.05, 0) is 30.5 Å². The first-order valence-electron chi connectivity index (χ1n) is 7.76. The molecule has 2 aromatic rings. The number of aromatic nitrogens is 1. The number of carbonyl (C=O) groups excluding carboxylic acids is 2. The molecular weight excluding hydrogens is 328 g/mol. The van der Waals surface area contributed by atoms with Gasteiger partial charge in [0, 0.05) is 0 Å². The minimum Gasteiger partial charge on any atom is -0.494 e. The van der Waals surface area contributed by atoms with Gasteiger partial charge in [-0.1, -0.05) is 32.1 Å². The summed E-state index contributed by atoms with van der Waals surface area (Å²) >= 11 is 1.35. The zero-order valence-corrected chi connectivity index (χ0v) is 15.2. The lowest BCUT2D eigenvalue weighted by atomic mass is 9.93. The highest BCUT2D eigenvalue weighted by atomic mass is 32.1. The first-order valence-corrected chi connectivity index (χ1v) is 8.57. The molecule has 0 unspecified atom stereocenters. The Bertz CT molecular complexity index is 734. The lowest BCUT2D eigenvalue weighted by Gasteiger charge is -2.16. The summed E-state index contributed by atoms with van der Waals surface area (Å²) in [6.45, 7) is 8.01. The average molecular weight is 350 g/mol. The molecule has 0 aliphatic heterocycles. The van der Waals surface area contributed by atoms with Gasteiger partial charge in [0.25, 0.3) is 5.91 Å². The SMILES string of the molecule is CCOc1ccc2nc(NC(=O)COC(=O)CC(C)(C)C)sc2c1. The normalized spacial score (nSPS) is 11.3. The lowest BCUT2D eigenvalue weighted by Crippen LogP contribution is -2.23. The number of nitrogens with zero attached hydrogens (tertiary/aromatic N) is 1. The minimum atomic E-state index is -0.402. The second kappa shape index (κ2) is 7.61. The number of amides is 1. The molecule has 1 aromatic heterocycles. The molecule has 1 amide bonds. The summed E-state index contributed by atoms with van der Waals surface area (Å²) < 4.78 is 11.3. The van der Waals surface area contributed by atoms with Gasteiger partial charge >= 0.3 is 5.97 Å². The molecule has 0 fully saturated rings. The Labute approximate surface area is 145 Å². The number of thiazole rings is 1. The molecule has 0 radical (unpaired) electrons. The molecule has 2 rings (SSSR count). The molecule has 1 N–H and O–H groups in total. The van der Waals surface area contributed by atoms with E-state index < -0.39 is 5.91 Å². The Kier molecular flexibility index (Phi) is 5.77. The van der Waals surface area contributed by atoms with Crippen LogP contribution in [0.25, 0.3) is 10.2 Å². The minimum absolute atomic E-state index is 0.168. The number of anilines is 1. The standard InChI is InChI=1S/C17H22N2O4S/c1-5-22-11-6-7-12-13(8-11)24-16(18-12)19-14(20)10-23-15(21)9-17(2,3)4/h6-8H,5,9-10H2,1-4H3,(H,18,19,20). The van der Waals surface area contributed by atoms with Gasteiger partial charge in [0.15, 0.2) is 11.7 Å². The third kappa shape index (κ3) is 5.49. The summed E-state index contributed by atoms with van der Waals surface area (Å²) in [4.78, 5) is 27.8. The largest absolute Gasteiger partial charge is 0.494 e. The van der Waals surface area contributed by atoms with Crippen LogP contribution < -0.4 is 10.1 Å². The summed E-state index contributed by atoms with van der Waals surface area (Å²) in [6, 6.07) is 5.57. The van der Waals surface area contributed by atoms with E-state index in [2.05, 4.69) is 10.3 Å². The molecule has 0 aliphatic rings. The van der Waals surface area contributed by atoms with Crippen LogP contribution in [0.5, 0.6) is 5.75 Å². The van der Waals surface area contributed by atoms with E-state index in [9.17, 15) is 9.59 Å². The van der Waals surface area contributed by atoms with E-state index in [1.165, 1.54) is 11.3 Å². The van der Waals surface area contributed by atoms with Gasteiger partial charge in [0.05, 0.1) is 23.2 Å². The van der Waals surface area contributed by atoms with Crippen molar-refractivity contribution in [2.24, 2.45) is 5.41 Å². The number of ether oxygens (including phenoxy) is 2. The summed E-state index contributed by atoms with van der Waals surface area (Å²) in [5.74, 6) is -0.0210. The zero-order valence-electron chi connectivity index (χ0n) is 14.3. The van der Waals surface area contributed by atoms with Crippen molar-refractivity contribution >= 4 is 38.6 Å². The van der Waals surface area contributed by atoms with Crippen molar-refractivity contribution in [2.75, 3.05) is 18.5 Å². The van der Waals surface area contributed by atoms with Crippen LogP contribution in [-0.4, -0.2) is 30.1 Å². The van der Waals surface area contributed by atoms with Gasteiger partial charge < -0.3 is 9.47 Å². The maximum Gasteiger partial charge on any atom is 0.306 e. The Balaban J connectivity index is 1.92. The molecule has 130 valence electrons. The number of hydrogen-bond acceptors (Lipinski definition) is 6. The van der Waals surface area contributed by atoms with Gasteiger partial charge in [-0.3, -0.25) is 14.9 Å². The van der Waals surface area contributed by atoms with Crippen molar-refractivity contribution in [1.29, 1.82) is 0 Å². The number of esters is 1. The van der Waals surface area contributed by atoms with Gasteiger partial charge in [-0.15, -0.1) is 0 Å². The molecule has 1 heterocycles. The van der Waals surface area contributed by atoms with Crippen molar-refractivity contribution in [3.63, 3.8) is 0 Å². The Morgan fingerprint density at radius 2 is 2.04 bits per heavy atom. The van der Waals surface area contributed by atoms with Crippen molar-refractivity contribution < 1.29 is 19.1 Å². The highest BCUT2D eigenvalue weighted by Crippen LogP contribution is 2.29. The molecule has 6 nitrogen and oxygen atoms in total. The van der Waals surface area contributed by atoms with Crippen LogP contribution >= 0.6 is 11.3 Å². The van der Waals surface area contributed by atoms with Crippen LogP contribution in [0.3, 0.4) is 0 Å². The van der Waals surface area contributed by atoms with Crippen LogP contribution in [0, 0.1) is 5.41 Å². The quantitative estimate of drug-likeness (QED) is 0.805. The molecule has 0 spiro atoms. The maximum atomic E-state index is 11.9. The average Bonchev–Trinajstić information content (AvgIpc) is 2.85. The molecule has 0 aliphatic carbocycles. The van der Waals surface area contributed by atoms with E-state index in [0.717, 1.165) is 16.0 Å². The predicted molar refractivity (Wildman–Crippen MR) is 94.4 cm³/mol. The van der Waals surface area contributed by atoms with Gasteiger partial charge in [-0.25, -0.2) is 4.98 Å². The number of nitrogens with one attached hydrogen (secondary N) is 1. The number of carbonyl (C=O) groups is 2. The summed E-state index contributed by atoms with van der Waals surface area (Å²) in [5.41, 5.74) is 0.613. The van der Waals surface area contributed by atoms with E-state index in [4.69, 9.17) is 9.47 Å². The highest BCUT2D eigenvalue weighted by Gasteiger charge is 2.18. The first-order chi connectivity index (χ1) is 11.3. The van der Waals surface area contributed by atoms with E-state index in [0.29, 0.717) is 11.7 Å². The molecule has 0 atom stereocenters.